The Labute approximate surface area is 104 Å². The lowest BCUT2D eigenvalue weighted by Crippen LogP contribution is -2.26. The quantitative estimate of drug-likeness (QED) is 0.794. The second-order valence-corrected chi connectivity index (χ2v) is 3.19. The van der Waals surface area contributed by atoms with Gasteiger partial charge in [0.1, 0.15) is 5.75 Å². The molecule has 1 rings (SSSR count). The highest BCUT2D eigenvalue weighted by Crippen LogP contribution is 2.22. The van der Waals surface area contributed by atoms with Gasteiger partial charge in [0.05, 0.1) is 0 Å². The number of nitrogens with one attached hydrogen (secondary N) is 1. The minimum atomic E-state index is -4.81. The van der Waals surface area contributed by atoms with E-state index in [-0.39, 0.29) is 5.56 Å². The van der Waals surface area contributed by atoms with Crippen LogP contribution in [-0.4, -0.2) is 30.0 Å². The molecule has 0 aliphatic rings. The molecule has 0 heterocycles. The molecule has 1 aromatic rings. The lowest BCUT2D eigenvalue weighted by Gasteiger charge is -2.09. The van der Waals surface area contributed by atoms with Gasteiger partial charge in [0, 0.05) is 5.56 Å². The summed E-state index contributed by atoms with van der Waals surface area (Å²) in [5.74, 6) is -2.55. The molecule has 0 fully saturated rings. The molecule has 0 spiro atoms. The summed E-state index contributed by atoms with van der Waals surface area (Å²) in [5.41, 5.74) is 1.80. The number of carboxylic acids is 1. The molecular weight excluding hydrogens is 271 g/mol. The first kappa shape index (κ1) is 14.8. The van der Waals surface area contributed by atoms with Gasteiger partial charge in [-0.15, -0.1) is 13.2 Å². The fourth-order valence-corrected chi connectivity index (χ4v) is 1.03. The van der Waals surface area contributed by atoms with Crippen LogP contribution in [0.15, 0.2) is 24.3 Å². The van der Waals surface area contributed by atoms with E-state index in [0.29, 0.717) is 0 Å². The van der Waals surface area contributed by atoms with Gasteiger partial charge in [0.2, 0.25) is 0 Å². The van der Waals surface area contributed by atoms with Crippen LogP contribution in [0, 0.1) is 0 Å². The van der Waals surface area contributed by atoms with Crippen LogP contribution < -0.4 is 10.2 Å². The maximum absolute atomic E-state index is 11.9. The van der Waals surface area contributed by atoms with Crippen LogP contribution in [0.3, 0.4) is 0 Å². The molecule has 0 unspecified atom stereocenters. The van der Waals surface area contributed by atoms with Crippen LogP contribution in [0.25, 0.3) is 0 Å². The summed E-state index contributed by atoms with van der Waals surface area (Å²) in [4.78, 5) is 25.7. The third-order valence-electron chi connectivity index (χ3n) is 1.71. The molecule has 0 radical (unpaired) electrons. The van der Waals surface area contributed by atoms with Crippen LogP contribution in [0.5, 0.6) is 5.75 Å². The van der Waals surface area contributed by atoms with Crippen molar-refractivity contribution >= 4 is 11.9 Å². The topological polar surface area (TPSA) is 84.9 Å². The molecule has 0 saturated heterocycles. The Hall–Kier alpha value is -2.29. The highest BCUT2D eigenvalue weighted by Gasteiger charge is 2.31. The second kappa shape index (κ2) is 6.05. The number of hydrogen-bond acceptors (Lipinski definition) is 4. The van der Waals surface area contributed by atoms with Crippen molar-refractivity contribution in [2.24, 2.45) is 0 Å². The van der Waals surface area contributed by atoms with E-state index in [4.69, 9.17) is 5.11 Å². The fraction of sp³-hybridized carbons (Fsp3) is 0.200. The van der Waals surface area contributed by atoms with Gasteiger partial charge >= 0.3 is 12.3 Å². The first-order valence-corrected chi connectivity index (χ1v) is 4.77. The Balaban J connectivity index is 2.56. The number of benzene rings is 1. The largest absolute Gasteiger partial charge is 0.573 e. The summed E-state index contributed by atoms with van der Waals surface area (Å²) < 4.78 is 39.2. The maximum Gasteiger partial charge on any atom is 0.573 e. The van der Waals surface area contributed by atoms with E-state index in [1.807, 2.05) is 5.48 Å². The molecule has 0 aromatic heterocycles. The summed E-state index contributed by atoms with van der Waals surface area (Å²) in [6.07, 6.45) is -4.81. The Morgan fingerprint density at radius 2 is 1.79 bits per heavy atom. The van der Waals surface area contributed by atoms with Gasteiger partial charge in [-0.3, -0.25) is 9.63 Å². The molecule has 6 nitrogen and oxygen atoms in total. The summed E-state index contributed by atoms with van der Waals surface area (Å²) in [6.45, 7) is -0.735. The standard InChI is InChI=1S/C10H8F3NO5/c11-10(12,13)19-7-3-1-6(2-4-7)9(17)14-18-5-8(15)16/h1-4H,5H2,(H,14,17)(H,15,16). The Bertz CT molecular complexity index is 457. The molecule has 0 saturated carbocycles. The Morgan fingerprint density at radius 1 is 1.21 bits per heavy atom. The third kappa shape index (κ3) is 5.73. The Kier molecular flexibility index (Phi) is 4.70. The average molecular weight is 279 g/mol. The zero-order valence-electron chi connectivity index (χ0n) is 9.23. The van der Waals surface area contributed by atoms with E-state index in [1.54, 1.807) is 0 Å². The SMILES string of the molecule is O=C(O)CONC(=O)c1ccc(OC(F)(F)F)cc1. The number of hydrogen-bond donors (Lipinski definition) is 2. The summed E-state index contributed by atoms with van der Waals surface area (Å²) >= 11 is 0. The minimum Gasteiger partial charge on any atom is -0.479 e. The molecule has 1 aromatic carbocycles. The predicted octanol–water partition coefficient (Wildman–Crippen LogP) is 1.33. The molecule has 104 valence electrons. The fourth-order valence-electron chi connectivity index (χ4n) is 1.03. The molecule has 0 bridgehead atoms. The van der Waals surface area contributed by atoms with E-state index in [9.17, 15) is 22.8 Å². The summed E-state index contributed by atoms with van der Waals surface area (Å²) in [5, 5.41) is 8.24. The van der Waals surface area contributed by atoms with Gasteiger partial charge in [0.25, 0.3) is 5.91 Å². The van der Waals surface area contributed by atoms with Crippen molar-refractivity contribution in [3.05, 3.63) is 29.8 Å². The van der Waals surface area contributed by atoms with Gasteiger partial charge in [0.15, 0.2) is 6.61 Å². The van der Waals surface area contributed by atoms with E-state index < -0.39 is 30.6 Å². The normalized spacial score (nSPS) is 10.9. The number of halogens is 3. The minimum absolute atomic E-state index is 0.0140. The zero-order valence-corrected chi connectivity index (χ0v) is 9.23. The van der Waals surface area contributed by atoms with E-state index >= 15 is 0 Å². The van der Waals surface area contributed by atoms with E-state index in [1.165, 1.54) is 0 Å². The van der Waals surface area contributed by atoms with Gasteiger partial charge in [-0.1, -0.05) is 0 Å². The van der Waals surface area contributed by atoms with Crippen LogP contribution in [0.2, 0.25) is 0 Å². The molecule has 0 atom stereocenters. The van der Waals surface area contributed by atoms with Crippen molar-refractivity contribution < 1.29 is 37.4 Å². The van der Waals surface area contributed by atoms with Crippen LogP contribution in [0.1, 0.15) is 10.4 Å². The summed E-state index contributed by atoms with van der Waals surface area (Å²) in [7, 11) is 0. The average Bonchev–Trinajstić information content (AvgIpc) is 2.27. The third-order valence-corrected chi connectivity index (χ3v) is 1.71. The monoisotopic (exact) mass is 279 g/mol. The molecule has 1 amide bonds. The Morgan fingerprint density at radius 3 is 2.26 bits per heavy atom. The zero-order chi connectivity index (χ0) is 14.5. The van der Waals surface area contributed by atoms with Crippen LogP contribution in [0.4, 0.5) is 13.2 Å². The second-order valence-electron chi connectivity index (χ2n) is 3.19. The van der Waals surface area contributed by atoms with Crippen LogP contribution >= 0.6 is 0 Å². The van der Waals surface area contributed by atoms with E-state index in [2.05, 4.69) is 9.57 Å². The van der Waals surface area contributed by atoms with Crippen molar-refractivity contribution in [2.45, 2.75) is 6.36 Å². The lowest BCUT2D eigenvalue weighted by molar-refractivity contribution is -0.274. The van der Waals surface area contributed by atoms with Crippen molar-refractivity contribution in [1.82, 2.24) is 5.48 Å². The van der Waals surface area contributed by atoms with Crippen molar-refractivity contribution in [1.29, 1.82) is 0 Å². The number of alkyl halides is 3. The first-order valence-electron chi connectivity index (χ1n) is 4.77. The van der Waals surface area contributed by atoms with Crippen LogP contribution in [-0.2, 0) is 9.63 Å². The maximum atomic E-state index is 11.9. The van der Waals surface area contributed by atoms with Gasteiger partial charge in [-0.05, 0) is 24.3 Å². The number of hydroxylamine groups is 1. The number of carboxylic acid groups (broad SMARTS) is 1. The van der Waals surface area contributed by atoms with Gasteiger partial charge in [-0.25, -0.2) is 10.3 Å². The van der Waals surface area contributed by atoms with E-state index in [0.717, 1.165) is 24.3 Å². The molecule has 9 heteroatoms. The summed E-state index contributed by atoms with van der Waals surface area (Å²) in [6, 6.07) is 4.03. The smallest absolute Gasteiger partial charge is 0.479 e. The lowest BCUT2D eigenvalue weighted by atomic mass is 10.2. The highest BCUT2D eigenvalue weighted by atomic mass is 19.4. The van der Waals surface area contributed by atoms with Crippen molar-refractivity contribution in [2.75, 3.05) is 6.61 Å². The predicted molar refractivity (Wildman–Crippen MR) is 54.2 cm³/mol. The number of aliphatic carboxylic acids is 1. The number of rotatable bonds is 5. The molecule has 19 heavy (non-hydrogen) atoms. The van der Waals surface area contributed by atoms with Gasteiger partial charge in [-0.2, -0.15) is 0 Å². The number of carbonyl (C=O) groups is 2. The molecule has 0 aliphatic heterocycles. The number of ether oxygens (including phenoxy) is 1. The molecule has 0 aliphatic carbocycles. The van der Waals surface area contributed by atoms with Crippen molar-refractivity contribution in [3.8, 4) is 5.75 Å². The van der Waals surface area contributed by atoms with Gasteiger partial charge < -0.3 is 9.84 Å². The number of amides is 1. The molecular formula is C10H8F3NO5. The number of carbonyl (C=O) groups excluding carboxylic acids is 1. The highest BCUT2D eigenvalue weighted by molar-refractivity contribution is 5.93. The van der Waals surface area contributed by atoms with Crippen molar-refractivity contribution in [3.63, 3.8) is 0 Å². The molecule has 2 N–H and O–H groups in total. The first-order chi connectivity index (χ1) is 8.78.